The molecule has 0 saturated carbocycles. The largest absolute Gasteiger partial charge is 0.377 e. The third kappa shape index (κ3) is 3.33. The Morgan fingerprint density at radius 1 is 1.34 bits per heavy atom. The summed E-state index contributed by atoms with van der Waals surface area (Å²) in [6.07, 6.45) is 10.9. The van der Waals surface area contributed by atoms with E-state index >= 15 is 0 Å². The molecule has 2 aliphatic rings. The Kier molecular flexibility index (Phi) is 4.83. The first kappa shape index (κ1) is 18.4. The number of aromatic amines is 1. The smallest absolute Gasteiger partial charge is 0.167 e. The molecule has 7 heteroatoms. The summed E-state index contributed by atoms with van der Waals surface area (Å²) in [6.45, 7) is 6.81. The lowest BCUT2D eigenvalue weighted by Gasteiger charge is -2.34. The first-order valence-corrected chi connectivity index (χ1v) is 10.7. The first-order valence-electron chi connectivity index (χ1n) is 10.7. The molecule has 3 aromatic heterocycles. The average Bonchev–Trinajstić information content (AvgIpc) is 3.43. The van der Waals surface area contributed by atoms with Crippen LogP contribution in [0, 0.1) is 5.92 Å². The van der Waals surface area contributed by atoms with Crippen LogP contribution in [0.1, 0.15) is 45.1 Å². The van der Waals surface area contributed by atoms with Crippen LogP contribution in [0.2, 0.25) is 0 Å². The summed E-state index contributed by atoms with van der Waals surface area (Å²) in [5, 5.41) is 12.8. The Morgan fingerprint density at radius 2 is 2.28 bits per heavy atom. The maximum Gasteiger partial charge on any atom is 0.167 e. The van der Waals surface area contributed by atoms with Crippen molar-refractivity contribution in [1.82, 2.24) is 25.0 Å². The van der Waals surface area contributed by atoms with Gasteiger partial charge < -0.3 is 9.64 Å². The third-order valence-corrected chi connectivity index (χ3v) is 6.35. The van der Waals surface area contributed by atoms with E-state index in [1.807, 2.05) is 16.9 Å². The number of morpholine rings is 1. The molecule has 1 fully saturated rings. The highest BCUT2D eigenvalue weighted by Gasteiger charge is 2.24. The predicted molar refractivity (Wildman–Crippen MR) is 114 cm³/mol. The molecule has 1 saturated heterocycles. The van der Waals surface area contributed by atoms with E-state index in [2.05, 4.69) is 46.2 Å². The number of nitrogens with zero attached hydrogens (tertiary/aromatic N) is 5. The van der Waals surface area contributed by atoms with Gasteiger partial charge in [0.25, 0.3) is 0 Å². The summed E-state index contributed by atoms with van der Waals surface area (Å²) in [6, 6.07) is 4.49. The number of ether oxygens (including phenoxy) is 1. The maximum atomic E-state index is 5.65. The van der Waals surface area contributed by atoms with Crippen LogP contribution in [-0.2, 0) is 4.74 Å². The van der Waals surface area contributed by atoms with Crippen LogP contribution in [0.4, 0.5) is 5.82 Å². The molecule has 1 aliphatic heterocycles. The fourth-order valence-electron chi connectivity index (χ4n) is 4.51. The fourth-order valence-corrected chi connectivity index (χ4v) is 4.51. The van der Waals surface area contributed by atoms with Crippen molar-refractivity contribution in [3.05, 3.63) is 36.2 Å². The van der Waals surface area contributed by atoms with Gasteiger partial charge in [0.1, 0.15) is 5.82 Å². The summed E-state index contributed by atoms with van der Waals surface area (Å²) < 4.78 is 7.51. The summed E-state index contributed by atoms with van der Waals surface area (Å²) in [4.78, 5) is 7.40. The monoisotopic (exact) mass is 392 g/mol. The number of pyridine rings is 1. The minimum absolute atomic E-state index is 0.301. The average molecular weight is 393 g/mol. The van der Waals surface area contributed by atoms with Crippen molar-refractivity contribution >= 4 is 22.4 Å². The van der Waals surface area contributed by atoms with Crippen molar-refractivity contribution < 1.29 is 4.74 Å². The van der Waals surface area contributed by atoms with Gasteiger partial charge >= 0.3 is 0 Å². The number of allylic oxidation sites excluding steroid dienone is 2. The Labute approximate surface area is 170 Å². The van der Waals surface area contributed by atoms with Crippen LogP contribution in [0.3, 0.4) is 0 Å². The van der Waals surface area contributed by atoms with E-state index in [0.29, 0.717) is 6.04 Å². The van der Waals surface area contributed by atoms with Crippen LogP contribution in [0.25, 0.3) is 22.4 Å². The number of aromatic nitrogens is 5. The normalized spacial score (nSPS) is 22.8. The molecule has 0 radical (unpaired) electrons. The Bertz CT molecular complexity index is 1020. The van der Waals surface area contributed by atoms with E-state index in [1.165, 1.54) is 24.0 Å². The van der Waals surface area contributed by atoms with Crippen molar-refractivity contribution in [2.75, 3.05) is 24.7 Å². The second-order valence-electron chi connectivity index (χ2n) is 8.16. The van der Waals surface area contributed by atoms with E-state index < -0.39 is 0 Å². The van der Waals surface area contributed by atoms with Gasteiger partial charge in [0.05, 0.1) is 31.6 Å². The summed E-state index contributed by atoms with van der Waals surface area (Å²) in [7, 11) is 0. The number of hydrogen-bond donors (Lipinski definition) is 1. The third-order valence-electron chi connectivity index (χ3n) is 6.35. The number of fused-ring (bicyclic) bond motifs is 1. The highest BCUT2D eigenvalue weighted by Crippen LogP contribution is 2.37. The van der Waals surface area contributed by atoms with Crippen LogP contribution in [0.15, 0.2) is 30.6 Å². The molecule has 0 bridgehead atoms. The van der Waals surface area contributed by atoms with Gasteiger partial charge in [-0.3, -0.25) is 5.10 Å². The van der Waals surface area contributed by atoms with E-state index in [9.17, 15) is 0 Å². The lowest BCUT2D eigenvalue weighted by molar-refractivity contribution is 0.0985. The van der Waals surface area contributed by atoms with E-state index in [-0.39, 0.29) is 0 Å². The second kappa shape index (κ2) is 7.63. The molecule has 29 heavy (non-hydrogen) atoms. The number of rotatable bonds is 4. The van der Waals surface area contributed by atoms with Gasteiger partial charge in [-0.15, -0.1) is 0 Å². The molecular formula is C22H28N6O. The van der Waals surface area contributed by atoms with Crippen molar-refractivity contribution in [3.63, 3.8) is 0 Å². The number of nitrogens with one attached hydrogen (secondary N) is 1. The number of hydrogen-bond acceptors (Lipinski definition) is 5. The molecule has 2 atom stereocenters. The van der Waals surface area contributed by atoms with E-state index in [1.54, 1.807) is 6.20 Å². The summed E-state index contributed by atoms with van der Waals surface area (Å²) in [5.74, 6) is 2.64. The molecule has 0 aromatic carbocycles. The van der Waals surface area contributed by atoms with Crippen LogP contribution in [0.5, 0.6) is 0 Å². The van der Waals surface area contributed by atoms with Gasteiger partial charge in [-0.05, 0) is 49.3 Å². The molecule has 0 spiro atoms. The highest BCUT2D eigenvalue weighted by molar-refractivity contribution is 5.92. The molecule has 152 valence electrons. The fraction of sp³-hybridized carbons (Fsp3) is 0.500. The number of anilines is 1. The zero-order valence-corrected chi connectivity index (χ0v) is 17.1. The first-order chi connectivity index (χ1) is 14.2. The molecule has 7 nitrogen and oxygen atoms in total. The molecular weight excluding hydrogens is 364 g/mol. The van der Waals surface area contributed by atoms with Gasteiger partial charge in [0.15, 0.2) is 11.5 Å². The molecule has 4 heterocycles. The Hall–Kier alpha value is -2.67. The van der Waals surface area contributed by atoms with Crippen LogP contribution < -0.4 is 4.90 Å². The molecule has 1 aliphatic carbocycles. The zero-order valence-electron chi connectivity index (χ0n) is 17.1. The summed E-state index contributed by atoms with van der Waals surface area (Å²) >= 11 is 0. The van der Waals surface area contributed by atoms with E-state index in [0.717, 1.165) is 61.2 Å². The standard InChI is InChI=1S/C22H28N6O/c1-3-16-4-6-17(7-5-16)18-12-21(27-10-11-29-14-15(27)2)25-22-19(18)13-24-28(22)20-8-9-23-26-20/h6,8-9,12-13,15-16H,3-5,7,10-11,14H2,1-2H3,(H,23,26)/t15-,16?/m1/s1. The highest BCUT2D eigenvalue weighted by atomic mass is 16.5. The molecule has 0 amide bonds. The van der Waals surface area contributed by atoms with Crippen molar-refractivity contribution in [2.45, 2.75) is 45.6 Å². The predicted octanol–water partition coefficient (Wildman–Crippen LogP) is 3.96. The lowest BCUT2D eigenvalue weighted by Crippen LogP contribution is -2.44. The van der Waals surface area contributed by atoms with Gasteiger partial charge in [-0.2, -0.15) is 14.9 Å². The lowest BCUT2D eigenvalue weighted by atomic mass is 9.85. The Morgan fingerprint density at radius 3 is 3.00 bits per heavy atom. The molecule has 3 aromatic rings. The van der Waals surface area contributed by atoms with Crippen LogP contribution in [-0.4, -0.2) is 50.8 Å². The summed E-state index contributed by atoms with van der Waals surface area (Å²) in [5.41, 5.74) is 3.57. The molecule has 1 unspecified atom stereocenters. The minimum Gasteiger partial charge on any atom is -0.377 e. The SMILES string of the molecule is CCC1CC=C(c2cc(N3CCOC[C@H]3C)nc3c2cnn3-c2ccn[nH]2)CC1. The van der Waals surface area contributed by atoms with Crippen LogP contribution >= 0.6 is 0 Å². The maximum absolute atomic E-state index is 5.65. The topological polar surface area (TPSA) is 71.9 Å². The van der Waals surface area contributed by atoms with Gasteiger partial charge in [-0.25, -0.2) is 4.98 Å². The number of H-pyrrole nitrogens is 1. The molecule has 5 rings (SSSR count). The zero-order chi connectivity index (χ0) is 19.8. The van der Waals surface area contributed by atoms with Gasteiger partial charge in [0, 0.05) is 18.0 Å². The minimum atomic E-state index is 0.301. The van der Waals surface area contributed by atoms with E-state index in [4.69, 9.17) is 9.72 Å². The van der Waals surface area contributed by atoms with Gasteiger partial charge in [0.2, 0.25) is 0 Å². The van der Waals surface area contributed by atoms with Crippen molar-refractivity contribution in [3.8, 4) is 5.82 Å². The van der Waals surface area contributed by atoms with Gasteiger partial charge in [-0.1, -0.05) is 19.4 Å². The van der Waals surface area contributed by atoms with Crippen molar-refractivity contribution in [1.29, 1.82) is 0 Å². The second-order valence-corrected chi connectivity index (χ2v) is 8.16. The molecule has 1 N–H and O–H groups in total. The van der Waals surface area contributed by atoms with Crippen molar-refractivity contribution in [2.24, 2.45) is 5.92 Å². The quantitative estimate of drug-likeness (QED) is 0.728. The Balaban J connectivity index is 1.65.